The number of benzene rings is 3. The molecule has 230 valence electrons. The van der Waals surface area contributed by atoms with E-state index in [4.69, 9.17) is 4.74 Å². The summed E-state index contributed by atoms with van der Waals surface area (Å²) < 4.78 is 144. The van der Waals surface area contributed by atoms with Crippen LogP contribution in [0.5, 0.6) is 17.2 Å². The summed E-state index contributed by atoms with van der Waals surface area (Å²) in [5.74, 6) is -0.896. The number of hydrogen-bond acceptors (Lipinski definition) is 5. The number of hydrogen-bond donors (Lipinski definition) is 1. The van der Waals surface area contributed by atoms with Crippen LogP contribution in [-0.4, -0.2) is 49.2 Å². The Hall–Kier alpha value is -3.88. The summed E-state index contributed by atoms with van der Waals surface area (Å²) in [6.45, 7) is -3.67. The van der Waals surface area contributed by atoms with Gasteiger partial charge in [-0.05, 0) is 47.5 Å². The summed E-state index contributed by atoms with van der Waals surface area (Å²) in [7, 11) is 0. The normalized spacial score (nSPS) is 13.1. The van der Waals surface area contributed by atoms with Crippen LogP contribution in [0.3, 0.4) is 0 Å². The summed E-state index contributed by atoms with van der Waals surface area (Å²) in [4.78, 5) is 1.04. The summed E-state index contributed by atoms with van der Waals surface area (Å²) in [6.07, 6.45) is -20.8. The first-order chi connectivity index (χ1) is 19.6. The van der Waals surface area contributed by atoms with Gasteiger partial charge >= 0.3 is 24.8 Å². The molecule has 15 heteroatoms. The van der Waals surface area contributed by atoms with Crippen molar-refractivity contribution in [3.63, 3.8) is 0 Å². The van der Waals surface area contributed by atoms with E-state index >= 15 is 0 Å². The maximum atomic E-state index is 13.3. The molecule has 0 bridgehead atoms. The average Bonchev–Trinajstić information content (AvgIpc) is 2.91. The molecule has 0 heterocycles. The highest BCUT2D eigenvalue weighted by Gasteiger charge is 2.44. The highest BCUT2D eigenvalue weighted by atomic mass is 19.4. The van der Waals surface area contributed by atoms with Crippen LogP contribution in [0.25, 0.3) is 0 Å². The van der Waals surface area contributed by atoms with Crippen LogP contribution in [0, 0.1) is 0 Å². The summed E-state index contributed by atoms with van der Waals surface area (Å²) in [5.41, 5.74) is 0.495. The van der Waals surface area contributed by atoms with Gasteiger partial charge in [-0.2, -0.15) is 39.5 Å². The molecular weight excluding hydrogens is 592 g/mol. The number of aliphatic hydroxyl groups excluding tert-OH is 1. The van der Waals surface area contributed by atoms with Crippen LogP contribution in [0.4, 0.5) is 49.6 Å². The van der Waals surface area contributed by atoms with Crippen molar-refractivity contribution in [1.82, 2.24) is 0 Å². The fourth-order valence-corrected chi connectivity index (χ4v) is 3.54. The molecule has 0 amide bonds. The number of ether oxygens (including phenoxy) is 3. The highest BCUT2D eigenvalue weighted by Crippen LogP contribution is 2.31. The molecule has 0 aliphatic rings. The summed E-state index contributed by atoms with van der Waals surface area (Å²) >= 11 is 0. The van der Waals surface area contributed by atoms with Crippen molar-refractivity contribution in [2.45, 2.75) is 44.1 Å². The van der Waals surface area contributed by atoms with Gasteiger partial charge in [0.25, 0.3) is 0 Å². The second kappa shape index (κ2) is 13.4. The third-order valence-electron chi connectivity index (χ3n) is 5.46. The zero-order chi connectivity index (χ0) is 31.1. The second-order valence-electron chi connectivity index (χ2n) is 8.86. The van der Waals surface area contributed by atoms with E-state index in [1.165, 1.54) is 60.7 Å². The predicted molar refractivity (Wildman–Crippen MR) is 130 cm³/mol. The molecule has 0 saturated heterocycles. The van der Waals surface area contributed by atoms with E-state index in [2.05, 4.69) is 9.47 Å². The third-order valence-corrected chi connectivity index (χ3v) is 5.46. The van der Waals surface area contributed by atoms with Crippen LogP contribution in [0.1, 0.15) is 11.1 Å². The molecule has 3 rings (SSSR count). The Bertz CT molecular complexity index is 1310. The predicted octanol–water partition coefficient (Wildman–Crippen LogP) is 7.37. The van der Waals surface area contributed by atoms with Crippen molar-refractivity contribution in [3.8, 4) is 17.2 Å². The van der Waals surface area contributed by atoms with E-state index in [9.17, 15) is 49.0 Å². The van der Waals surface area contributed by atoms with Gasteiger partial charge in [-0.15, -0.1) is 0 Å². The lowest BCUT2D eigenvalue weighted by atomic mass is 10.1. The maximum Gasteiger partial charge on any atom is 0.461 e. The first-order valence-electron chi connectivity index (χ1n) is 12.0. The Morgan fingerprint density at radius 3 is 1.93 bits per heavy atom. The van der Waals surface area contributed by atoms with Gasteiger partial charge in [0.1, 0.15) is 23.9 Å². The molecule has 1 unspecified atom stereocenters. The van der Waals surface area contributed by atoms with E-state index in [1.54, 1.807) is 0 Å². The van der Waals surface area contributed by atoms with E-state index in [-0.39, 0.29) is 29.4 Å². The molecule has 3 aromatic carbocycles. The SMILES string of the molecule is OC(CN(Cc1cccc(OC(F)(F)C(F)F)c1)c1cccc(OCc2cccc(OC(F)(F)CF)c2)c1)C(F)(F)F. The minimum Gasteiger partial charge on any atom is -0.489 e. The smallest absolute Gasteiger partial charge is 0.461 e. The van der Waals surface area contributed by atoms with Crippen molar-refractivity contribution >= 4 is 5.69 Å². The van der Waals surface area contributed by atoms with Gasteiger partial charge in [-0.3, -0.25) is 0 Å². The van der Waals surface area contributed by atoms with Crippen LogP contribution in [0.15, 0.2) is 72.8 Å². The minimum atomic E-state index is -5.01. The van der Waals surface area contributed by atoms with E-state index in [0.717, 1.165) is 17.0 Å². The average molecular weight is 615 g/mol. The number of halogens is 10. The number of nitrogens with zero attached hydrogens (tertiary/aromatic N) is 1. The molecule has 0 aliphatic carbocycles. The van der Waals surface area contributed by atoms with Crippen molar-refractivity contribution in [1.29, 1.82) is 0 Å². The molecule has 3 aromatic rings. The fraction of sp³-hybridized carbons (Fsp3) is 0.333. The largest absolute Gasteiger partial charge is 0.489 e. The van der Waals surface area contributed by atoms with Crippen LogP contribution in [0.2, 0.25) is 0 Å². The molecule has 5 nitrogen and oxygen atoms in total. The lowest BCUT2D eigenvalue weighted by Gasteiger charge is -2.29. The molecule has 1 atom stereocenters. The Morgan fingerprint density at radius 2 is 1.31 bits per heavy atom. The van der Waals surface area contributed by atoms with Gasteiger partial charge in [-0.1, -0.05) is 30.3 Å². The third kappa shape index (κ3) is 9.60. The van der Waals surface area contributed by atoms with E-state index in [0.29, 0.717) is 5.56 Å². The molecule has 0 fully saturated rings. The van der Waals surface area contributed by atoms with Gasteiger partial charge in [0.15, 0.2) is 12.8 Å². The van der Waals surface area contributed by atoms with Crippen molar-refractivity contribution in [2.75, 3.05) is 18.1 Å². The zero-order valence-corrected chi connectivity index (χ0v) is 21.3. The van der Waals surface area contributed by atoms with Crippen LogP contribution >= 0.6 is 0 Å². The number of aliphatic hydroxyl groups is 1. The molecule has 42 heavy (non-hydrogen) atoms. The highest BCUT2D eigenvalue weighted by molar-refractivity contribution is 5.52. The van der Waals surface area contributed by atoms with Gasteiger partial charge < -0.3 is 24.2 Å². The standard InChI is InChI=1S/C27H23F10NO4/c28-16-25(31,32)41-21-8-2-5-18(11-21)15-40-20-7-3-6-19(12-20)38(14-23(39)26(33,34)35)13-17-4-1-9-22(10-17)42-27(36,37)24(29)30/h1-12,23-24,39H,13-16H2. The Balaban J connectivity index is 1.81. The van der Waals surface area contributed by atoms with Crippen molar-refractivity contribution < 1.29 is 63.2 Å². The Labute approximate surface area is 232 Å². The van der Waals surface area contributed by atoms with Crippen molar-refractivity contribution in [3.05, 3.63) is 83.9 Å². The molecule has 0 aromatic heterocycles. The molecular formula is C27H23F10NO4. The van der Waals surface area contributed by atoms with Gasteiger partial charge in [0.2, 0.25) is 0 Å². The lowest BCUT2D eigenvalue weighted by molar-refractivity contribution is -0.253. The number of anilines is 1. The van der Waals surface area contributed by atoms with Crippen LogP contribution in [-0.2, 0) is 13.2 Å². The zero-order valence-electron chi connectivity index (χ0n) is 21.3. The Kier molecular flexibility index (Phi) is 10.4. The minimum absolute atomic E-state index is 0.0831. The van der Waals surface area contributed by atoms with E-state index in [1.807, 2.05) is 0 Å². The Morgan fingerprint density at radius 1 is 0.738 bits per heavy atom. The fourth-order valence-electron chi connectivity index (χ4n) is 3.54. The first kappa shape index (κ1) is 32.6. The molecule has 0 radical (unpaired) electrons. The molecule has 0 aliphatic heterocycles. The maximum absolute atomic E-state index is 13.3. The lowest BCUT2D eigenvalue weighted by Crippen LogP contribution is -2.40. The number of alkyl halides is 10. The molecule has 1 N–H and O–H groups in total. The van der Waals surface area contributed by atoms with Gasteiger partial charge in [-0.25, -0.2) is 4.39 Å². The van der Waals surface area contributed by atoms with Crippen molar-refractivity contribution in [2.24, 2.45) is 0 Å². The van der Waals surface area contributed by atoms with Gasteiger partial charge in [0.05, 0.1) is 6.54 Å². The van der Waals surface area contributed by atoms with E-state index < -0.39 is 56.4 Å². The van der Waals surface area contributed by atoms with Gasteiger partial charge in [0, 0.05) is 18.3 Å². The summed E-state index contributed by atoms with van der Waals surface area (Å²) in [6, 6.07) is 15.1. The topological polar surface area (TPSA) is 51.2 Å². The first-order valence-corrected chi connectivity index (χ1v) is 12.0. The number of rotatable bonds is 14. The molecule has 0 saturated carbocycles. The quantitative estimate of drug-likeness (QED) is 0.192. The monoisotopic (exact) mass is 615 g/mol. The molecule has 0 spiro atoms. The second-order valence-corrected chi connectivity index (χ2v) is 8.86. The van der Waals surface area contributed by atoms with Crippen LogP contribution < -0.4 is 19.1 Å². The summed E-state index contributed by atoms with van der Waals surface area (Å²) in [5, 5.41) is 9.72.